The van der Waals surface area contributed by atoms with Crippen LogP contribution in [0.25, 0.3) is 10.8 Å². The van der Waals surface area contributed by atoms with Crippen LogP contribution < -0.4 is 15.5 Å². The van der Waals surface area contributed by atoms with Gasteiger partial charge in [-0.3, -0.25) is 19.8 Å². The second-order valence-electron chi connectivity index (χ2n) is 12.5. The summed E-state index contributed by atoms with van der Waals surface area (Å²) in [6.07, 6.45) is 0.781. The Kier molecular flexibility index (Phi) is 9.90. The first-order valence-corrected chi connectivity index (χ1v) is 14.5. The summed E-state index contributed by atoms with van der Waals surface area (Å²) in [5.41, 5.74) is -0.588. The fourth-order valence-corrected chi connectivity index (χ4v) is 4.63. The minimum Gasteiger partial charge on any atom is -0.444 e. The molecule has 1 aromatic heterocycles. The number of anilines is 3. The van der Waals surface area contributed by atoms with Crippen molar-refractivity contribution in [2.24, 2.45) is 11.8 Å². The lowest BCUT2D eigenvalue weighted by atomic mass is 10.1. The number of carbonyl (C=O) groups excluding carboxylic acids is 4. The number of piperazine rings is 1. The number of hydrogen-bond acceptors (Lipinski definition) is 8. The summed E-state index contributed by atoms with van der Waals surface area (Å²) < 4.78 is 10.9. The Hall–Kier alpha value is -4.40. The quantitative estimate of drug-likeness (QED) is 0.458. The number of rotatable bonds is 4. The van der Waals surface area contributed by atoms with Crippen LogP contribution in [0.15, 0.2) is 24.4 Å². The third-order valence-electron chi connectivity index (χ3n) is 6.45. The van der Waals surface area contributed by atoms with Gasteiger partial charge in [0, 0.05) is 23.8 Å². The van der Waals surface area contributed by atoms with Gasteiger partial charge < -0.3 is 19.7 Å². The summed E-state index contributed by atoms with van der Waals surface area (Å²) in [6.45, 7) is 16.4. The van der Waals surface area contributed by atoms with Gasteiger partial charge in [0.1, 0.15) is 23.6 Å². The van der Waals surface area contributed by atoms with Gasteiger partial charge in [0.15, 0.2) is 0 Å². The summed E-state index contributed by atoms with van der Waals surface area (Å²) >= 11 is 0. The van der Waals surface area contributed by atoms with Crippen LogP contribution in [0.1, 0.15) is 68.7 Å². The van der Waals surface area contributed by atoms with E-state index in [1.165, 1.54) is 11.1 Å². The van der Waals surface area contributed by atoms with Crippen LogP contribution in [0, 0.1) is 23.2 Å². The lowest BCUT2D eigenvalue weighted by molar-refractivity contribution is -0.122. The molecule has 43 heavy (non-hydrogen) atoms. The normalized spacial score (nSPS) is 19.9. The molecule has 232 valence electrons. The molecule has 12 heteroatoms. The summed E-state index contributed by atoms with van der Waals surface area (Å²) in [4.78, 5) is 58.5. The Morgan fingerprint density at radius 2 is 1.67 bits per heavy atom. The van der Waals surface area contributed by atoms with E-state index in [9.17, 15) is 19.2 Å². The Labute approximate surface area is 252 Å². The van der Waals surface area contributed by atoms with Crippen LogP contribution in [-0.4, -0.2) is 64.2 Å². The van der Waals surface area contributed by atoms with Crippen molar-refractivity contribution in [1.29, 1.82) is 5.26 Å². The van der Waals surface area contributed by atoms with E-state index >= 15 is 0 Å². The Bertz CT molecular complexity index is 1440. The van der Waals surface area contributed by atoms with Crippen molar-refractivity contribution in [2.75, 3.05) is 28.6 Å². The van der Waals surface area contributed by atoms with Crippen molar-refractivity contribution in [1.82, 2.24) is 9.88 Å². The number of aromatic nitrogens is 1. The number of ether oxygens (including phenoxy) is 2. The molecule has 4 rings (SSSR count). The molecule has 2 N–H and O–H groups in total. The minimum atomic E-state index is -0.736. The molecule has 1 saturated carbocycles. The van der Waals surface area contributed by atoms with Crippen molar-refractivity contribution in [3.63, 3.8) is 0 Å². The van der Waals surface area contributed by atoms with Crippen molar-refractivity contribution in [2.45, 2.75) is 86.0 Å². The smallest absolute Gasteiger partial charge is 0.412 e. The zero-order chi connectivity index (χ0) is 32.3. The molecule has 2 unspecified atom stereocenters. The number of nitrogens with one attached hydrogen (secondary N) is 2. The number of fused-ring (bicyclic) bond motifs is 1. The molecule has 2 heterocycles. The molecule has 0 radical (unpaired) electrons. The number of benzene rings is 1. The van der Waals surface area contributed by atoms with E-state index in [0.29, 0.717) is 28.6 Å². The Morgan fingerprint density at radius 3 is 2.23 bits per heavy atom. The van der Waals surface area contributed by atoms with Gasteiger partial charge in [-0.25, -0.2) is 14.6 Å². The standard InChI is InChI=1S/C29H36N6O6.C2H6/c1-16-14-34(27(39)41-29(5,6)7)15-24(36)35(16)19-8-17-10-23(33-25(37)20-9-18(20)12-30)31-13-21(17)22(11-19)32-26(38)40-28(2,3)4;1-2/h8,10-11,13,16,18,20H,9,14-15H2,1-7H3,(H,32,38)(H,31,33,37);1-2H3/t16?,18?,20-;/m0./s1. The highest BCUT2D eigenvalue weighted by atomic mass is 16.6. The van der Waals surface area contributed by atoms with E-state index in [-0.39, 0.29) is 42.6 Å². The maximum Gasteiger partial charge on any atom is 0.412 e. The third-order valence-corrected chi connectivity index (χ3v) is 6.45. The predicted molar refractivity (Wildman–Crippen MR) is 164 cm³/mol. The largest absolute Gasteiger partial charge is 0.444 e. The van der Waals surface area contributed by atoms with Crippen LogP contribution in [0.4, 0.5) is 26.8 Å². The van der Waals surface area contributed by atoms with E-state index in [1.807, 2.05) is 20.8 Å². The molecule has 12 nitrogen and oxygen atoms in total. The number of nitrogens with zero attached hydrogens (tertiary/aromatic N) is 4. The number of nitriles is 1. The molecule has 2 aromatic rings. The molecule has 2 aliphatic rings. The average Bonchev–Trinajstić information content (AvgIpc) is 3.67. The number of pyridine rings is 1. The molecule has 1 aromatic carbocycles. The fraction of sp³-hybridized carbons (Fsp3) is 0.548. The van der Waals surface area contributed by atoms with Gasteiger partial charge in [0.2, 0.25) is 11.8 Å². The molecule has 0 spiro atoms. The summed E-state index contributed by atoms with van der Waals surface area (Å²) in [6, 6.07) is 6.76. The highest BCUT2D eigenvalue weighted by molar-refractivity contribution is 6.07. The number of hydrogen-bond donors (Lipinski definition) is 2. The van der Waals surface area contributed by atoms with Crippen LogP contribution >= 0.6 is 0 Å². The van der Waals surface area contributed by atoms with Gasteiger partial charge in [0.25, 0.3) is 0 Å². The van der Waals surface area contributed by atoms with E-state index in [0.717, 1.165) is 0 Å². The molecule has 2 fully saturated rings. The van der Waals surface area contributed by atoms with Gasteiger partial charge in [-0.05, 0) is 78.5 Å². The molecular formula is C31H42N6O6. The van der Waals surface area contributed by atoms with E-state index < -0.39 is 29.4 Å². The topological polar surface area (TPSA) is 154 Å². The maximum absolute atomic E-state index is 13.4. The lowest BCUT2D eigenvalue weighted by Gasteiger charge is -2.40. The highest BCUT2D eigenvalue weighted by Crippen LogP contribution is 2.39. The molecule has 1 saturated heterocycles. The Balaban J connectivity index is 0.00000248. The highest BCUT2D eigenvalue weighted by Gasteiger charge is 2.43. The first kappa shape index (κ1) is 33.1. The average molecular weight is 595 g/mol. The molecule has 4 amide bonds. The SMILES string of the molecule is CC.CC1CN(C(=O)OC(C)(C)C)CC(=O)N1c1cc(NC(=O)OC(C)(C)C)c2cnc(NC(=O)[C@H]3CC3C#N)cc2c1. The fourth-order valence-electron chi connectivity index (χ4n) is 4.63. The van der Waals surface area contributed by atoms with E-state index in [4.69, 9.17) is 14.7 Å². The van der Waals surface area contributed by atoms with Crippen molar-refractivity contribution < 1.29 is 28.7 Å². The lowest BCUT2D eigenvalue weighted by Crippen LogP contribution is -2.57. The van der Waals surface area contributed by atoms with Gasteiger partial charge >= 0.3 is 12.2 Å². The molecule has 3 atom stereocenters. The summed E-state index contributed by atoms with van der Waals surface area (Å²) in [5.74, 6) is -0.989. The maximum atomic E-state index is 13.4. The van der Waals surface area contributed by atoms with Crippen LogP contribution in [0.2, 0.25) is 0 Å². The zero-order valence-electron chi connectivity index (χ0n) is 26.4. The first-order chi connectivity index (χ1) is 20.0. The van der Waals surface area contributed by atoms with Crippen LogP contribution in [-0.2, 0) is 19.1 Å². The summed E-state index contributed by atoms with van der Waals surface area (Å²) in [5, 5.41) is 15.7. The second kappa shape index (κ2) is 12.9. The Morgan fingerprint density at radius 1 is 1.02 bits per heavy atom. The molecular weight excluding hydrogens is 552 g/mol. The van der Waals surface area contributed by atoms with Gasteiger partial charge in [-0.15, -0.1) is 0 Å². The van der Waals surface area contributed by atoms with E-state index in [2.05, 4.69) is 21.7 Å². The van der Waals surface area contributed by atoms with Crippen LogP contribution in [0.5, 0.6) is 0 Å². The molecule has 1 aliphatic carbocycles. The van der Waals surface area contributed by atoms with E-state index in [1.54, 1.807) is 64.6 Å². The van der Waals surface area contributed by atoms with Gasteiger partial charge in [-0.1, -0.05) is 13.8 Å². The minimum absolute atomic E-state index is 0.175. The number of carbonyl (C=O) groups is 4. The first-order valence-electron chi connectivity index (χ1n) is 14.5. The third kappa shape index (κ3) is 8.56. The zero-order valence-corrected chi connectivity index (χ0v) is 26.4. The van der Waals surface area contributed by atoms with Crippen molar-refractivity contribution in [3.05, 3.63) is 24.4 Å². The molecule has 0 bridgehead atoms. The molecule has 1 aliphatic heterocycles. The predicted octanol–water partition coefficient (Wildman–Crippen LogP) is 5.68. The van der Waals surface area contributed by atoms with Crippen LogP contribution in [0.3, 0.4) is 0 Å². The monoisotopic (exact) mass is 594 g/mol. The van der Waals surface area contributed by atoms with Crippen molar-refractivity contribution in [3.8, 4) is 6.07 Å². The summed E-state index contributed by atoms with van der Waals surface area (Å²) in [7, 11) is 0. The number of amides is 4. The van der Waals surface area contributed by atoms with Gasteiger partial charge in [-0.2, -0.15) is 5.26 Å². The van der Waals surface area contributed by atoms with Gasteiger partial charge in [0.05, 0.1) is 29.6 Å². The second-order valence-corrected chi connectivity index (χ2v) is 12.5. The van der Waals surface area contributed by atoms with Crippen molar-refractivity contribution >= 4 is 52.0 Å².